The van der Waals surface area contributed by atoms with Crippen LogP contribution in [0.15, 0.2) is 24.3 Å². The molecule has 0 spiro atoms. The minimum absolute atomic E-state index is 0.152. The number of nitrogens with two attached hydrogens (primary N) is 1. The molecule has 1 aliphatic carbocycles. The molecule has 4 nitrogen and oxygen atoms in total. The Morgan fingerprint density at radius 3 is 2.38 bits per heavy atom. The van der Waals surface area contributed by atoms with E-state index in [1.165, 1.54) is 6.42 Å². The Balaban J connectivity index is 2.04. The molecular weight excluding hydrogens is 264 g/mol. The van der Waals surface area contributed by atoms with E-state index >= 15 is 0 Å². The van der Waals surface area contributed by atoms with Crippen LogP contribution in [0.1, 0.15) is 45.6 Å². The fourth-order valence-corrected chi connectivity index (χ4v) is 3.37. The molecule has 0 aliphatic heterocycles. The summed E-state index contributed by atoms with van der Waals surface area (Å²) in [5, 5.41) is 10.7. The number of hydrogen-bond acceptors (Lipinski definition) is 3. The fraction of sp³-hybridized carbons (Fsp3) is 0.647. The van der Waals surface area contributed by atoms with Crippen LogP contribution in [0.2, 0.25) is 0 Å². The first kappa shape index (κ1) is 16.0. The van der Waals surface area contributed by atoms with Crippen LogP contribution in [0, 0.1) is 27.4 Å². The number of non-ortho nitro benzene ring substituents is 1. The molecule has 3 atom stereocenters. The summed E-state index contributed by atoms with van der Waals surface area (Å²) in [6.07, 6.45) is 4.37. The predicted octanol–water partition coefficient (Wildman–Crippen LogP) is 3.93. The van der Waals surface area contributed by atoms with Crippen LogP contribution in [0.4, 0.5) is 5.69 Å². The van der Waals surface area contributed by atoms with Crippen LogP contribution in [0.25, 0.3) is 0 Å². The van der Waals surface area contributed by atoms with Crippen LogP contribution in [0.3, 0.4) is 0 Å². The van der Waals surface area contributed by atoms with Crippen molar-refractivity contribution in [2.45, 2.75) is 52.5 Å². The van der Waals surface area contributed by atoms with Gasteiger partial charge in [-0.2, -0.15) is 0 Å². The topological polar surface area (TPSA) is 69.2 Å². The third kappa shape index (κ3) is 4.03. The maximum absolute atomic E-state index is 10.7. The van der Waals surface area contributed by atoms with Crippen LogP contribution in [-0.4, -0.2) is 11.0 Å². The lowest BCUT2D eigenvalue weighted by Gasteiger charge is -2.40. The first-order chi connectivity index (χ1) is 9.77. The van der Waals surface area contributed by atoms with E-state index in [1.54, 1.807) is 12.1 Å². The number of rotatable bonds is 3. The van der Waals surface area contributed by atoms with Gasteiger partial charge in [-0.3, -0.25) is 10.1 Å². The zero-order valence-electron chi connectivity index (χ0n) is 13.2. The molecule has 4 heteroatoms. The predicted molar refractivity (Wildman–Crippen MR) is 85.1 cm³/mol. The molecule has 1 fully saturated rings. The Hall–Kier alpha value is -1.42. The maximum atomic E-state index is 10.7. The first-order valence-electron chi connectivity index (χ1n) is 7.76. The molecule has 3 unspecified atom stereocenters. The lowest BCUT2D eigenvalue weighted by Crippen LogP contribution is -2.40. The quantitative estimate of drug-likeness (QED) is 0.677. The van der Waals surface area contributed by atoms with E-state index in [4.69, 9.17) is 5.73 Å². The lowest BCUT2D eigenvalue weighted by atomic mass is 9.66. The maximum Gasteiger partial charge on any atom is 0.269 e. The molecule has 0 amide bonds. The second kappa shape index (κ2) is 6.14. The third-order valence-electron chi connectivity index (χ3n) is 4.91. The molecule has 0 saturated heterocycles. The number of hydrogen-bond donors (Lipinski definition) is 1. The summed E-state index contributed by atoms with van der Waals surface area (Å²) in [4.78, 5) is 10.3. The van der Waals surface area contributed by atoms with Crippen molar-refractivity contribution in [2.75, 3.05) is 0 Å². The van der Waals surface area contributed by atoms with Crippen molar-refractivity contribution < 1.29 is 4.92 Å². The van der Waals surface area contributed by atoms with Gasteiger partial charge in [-0.15, -0.1) is 0 Å². The third-order valence-corrected chi connectivity index (χ3v) is 4.91. The summed E-state index contributed by atoms with van der Waals surface area (Å²) < 4.78 is 0. The van der Waals surface area contributed by atoms with Gasteiger partial charge in [-0.25, -0.2) is 0 Å². The normalized spacial score (nSPS) is 26.6. The van der Waals surface area contributed by atoms with E-state index < -0.39 is 0 Å². The summed E-state index contributed by atoms with van der Waals surface area (Å²) in [6.45, 7) is 6.91. The zero-order valence-corrected chi connectivity index (χ0v) is 13.2. The van der Waals surface area contributed by atoms with Gasteiger partial charge < -0.3 is 5.73 Å². The SMILES string of the molecule is CC(C)(C)C1CCC(N)C(Cc2ccc([N+](=O)[O-])cc2)C1. The highest BCUT2D eigenvalue weighted by Gasteiger charge is 2.34. The van der Waals surface area contributed by atoms with Gasteiger partial charge in [-0.05, 0) is 48.5 Å². The van der Waals surface area contributed by atoms with E-state index in [-0.39, 0.29) is 16.7 Å². The molecule has 1 aromatic carbocycles. The van der Waals surface area contributed by atoms with Gasteiger partial charge in [-0.1, -0.05) is 32.9 Å². The van der Waals surface area contributed by atoms with E-state index in [2.05, 4.69) is 20.8 Å². The highest BCUT2D eigenvalue weighted by atomic mass is 16.6. The minimum atomic E-state index is -0.355. The molecule has 0 aromatic heterocycles. The van der Waals surface area contributed by atoms with E-state index in [0.717, 1.165) is 24.8 Å². The summed E-state index contributed by atoms with van der Waals surface area (Å²) in [5.41, 5.74) is 7.93. The van der Waals surface area contributed by atoms with Gasteiger partial charge >= 0.3 is 0 Å². The summed E-state index contributed by atoms with van der Waals surface area (Å²) in [6, 6.07) is 7.16. The highest BCUT2D eigenvalue weighted by Crippen LogP contribution is 2.40. The highest BCUT2D eigenvalue weighted by molar-refractivity contribution is 5.33. The van der Waals surface area contributed by atoms with Crippen LogP contribution in [-0.2, 0) is 6.42 Å². The number of benzene rings is 1. The Kier molecular flexibility index (Phi) is 4.67. The van der Waals surface area contributed by atoms with Gasteiger partial charge in [0.15, 0.2) is 0 Å². The average molecular weight is 290 g/mol. The number of nitro benzene ring substituents is 1. The van der Waals surface area contributed by atoms with Crippen molar-refractivity contribution >= 4 is 5.69 Å². The van der Waals surface area contributed by atoms with Crippen molar-refractivity contribution in [2.24, 2.45) is 23.0 Å². The summed E-state index contributed by atoms with van der Waals surface area (Å²) in [5.74, 6) is 1.18. The first-order valence-corrected chi connectivity index (χ1v) is 7.76. The van der Waals surface area contributed by atoms with Crippen molar-refractivity contribution in [3.05, 3.63) is 39.9 Å². The Morgan fingerprint density at radius 1 is 1.24 bits per heavy atom. The van der Waals surface area contributed by atoms with Crippen LogP contribution >= 0.6 is 0 Å². The molecule has 21 heavy (non-hydrogen) atoms. The second-order valence-corrected chi connectivity index (χ2v) is 7.43. The van der Waals surface area contributed by atoms with E-state index in [1.807, 2.05) is 12.1 Å². The Morgan fingerprint density at radius 2 is 1.86 bits per heavy atom. The molecule has 1 aromatic rings. The molecule has 2 N–H and O–H groups in total. The Labute approximate surface area is 126 Å². The van der Waals surface area contributed by atoms with E-state index in [0.29, 0.717) is 17.3 Å². The van der Waals surface area contributed by atoms with Crippen molar-refractivity contribution in [1.82, 2.24) is 0 Å². The number of nitrogens with zero attached hydrogens (tertiary/aromatic N) is 1. The molecular formula is C17H26N2O2. The van der Waals surface area contributed by atoms with Crippen LogP contribution < -0.4 is 5.73 Å². The van der Waals surface area contributed by atoms with Gasteiger partial charge in [0.05, 0.1) is 4.92 Å². The molecule has 1 saturated carbocycles. The minimum Gasteiger partial charge on any atom is -0.327 e. The molecule has 116 valence electrons. The molecule has 0 radical (unpaired) electrons. The summed E-state index contributed by atoms with van der Waals surface area (Å²) >= 11 is 0. The molecule has 0 heterocycles. The largest absolute Gasteiger partial charge is 0.327 e. The van der Waals surface area contributed by atoms with Crippen molar-refractivity contribution in [3.63, 3.8) is 0 Å². The average Bonchev–Trinajstić information content (AvgIpc) is 2.40. The monoisotopic (exact) mass is 290 g/mol. The lowest BCUT2D eigenvalue weighted by molar-refractivity contribution is -0.384. The van der Waals surface area contributed by atoms with Gasteiger partial charge in [0.25, 0.3) is 5.69 Å². The molecule has 2 rings (SSSR count). The number of nitro groups is 1. The molecule has 1 aliphatic rings. The molecule has 0 bridgehead atoms. The zero-order chi connectivity index (χ0) is 15.6. The smallest absolute Gasteiger partial charge is 0.269 e. The van der Waals surface area contributed by atoms with Gasteiger partial charge in [0.2, 0.25) is 0 Å². The standard InChI is InChI=1S/C17H26N2O2/c1-17(2,3)14-6-9-16(18)13(11-14)10-12-4-7-15(8-5-12)19(20)21/h4-5,7-8,13-14,16H,6,9-11,18H2,1-3H3. The Bertz CT molecular complexity index is 491. The van der Waals surface area contributed by atoms with E-state index in [9.17, 15) is 10.1 Å². The fourth-order valence-electron chi connectivity index (χ4n) is 3.37. The van der Waals surface area contributed by atoms with Crippen molar-refractivity contribution in [3.8, 4) is 0 Å². The van der Waals surface area contributed by atoms with Crippen LogP contribution in [0.5, 0.6) is 0 Å². The van der Waals surface area contributed by atoms with Gasteiger partial charge in [0.1, 0.15) is 0 Å². The van der Waals surface area contributed by atoms with Crippen molar-refractivity contribution in [1.29, 1.82) is 0 Å². The van der Waals surface area contributed by atoms with Gasteiger partial charge in [0, 0.05) is 18.2 Å². The summed E-state index contributed by atoms with van der Waals surface area (Å²) in [7, 11) is 0. The second-order valence-electron chi connectivity index (χ2n) is 7.43.